The maximum absolute atomic E-state index is 10.7. The van der Waals surface area contributed by atoms with Crippen molar-refractivity contribution in [2.75, 3.05) is 18.3 Å². The van der Waals surface area contributed by atoms with Crippen LogP contribution in [0, 0.1) is 0 Å². The van der Waals surface area contributed by atoms with Crippen LogP contribution in [0.1, 0.15) is 13.3 Å². The number of alkyl halides is 3. The molecule has 0 aliphatic heterocycles. The maximum atomic E-state index is 10.7. The monoisotopic (exact) mass is 282 g/mol. The van der Waals surface area contributed by atoms with Crippen LogP contribution in [0.2, 0.25) is 0 Å². The number of Topliss-reactive ketones (excluding diaryl/α,β-unsaturated/α-hetero) is 1. The lowest BCUT2D eigenvalue weighted by Crippen LogP contribution is -2.21. The van der Waals surface area contributed by atoms with Crippen LogP contribution in [-0.4, -0.2) is 42.5 Å². The Morgan fingerprint density at radius 1 is 1.31 bits per heavy atom. The summed E-state index contributed by atoms with van der Waals surface area (Å²) in [5.74, 6) is 1.16. The summed E-state index contributed by atoms with van der Waals surface area (Å²) < 4.78 is 58.9. The number of hydrogen-bond donors (Lipinski definition) is 0. The van der Waals surface area contributed by atoms with Gasteiger partial charge in [-0.05, 0) is 10.9 Å². The van der Waals surface area contributed by atoms with Crippen molar-refractivity contribution in [3.05, 3.63) is 0 Å². The smallest absolute Gasteiger partial charge is 0.485 e. The van der Waals surface area contributed by atoms with Crippen molar-refractivity contribution >= 4 is 26.8 Å². The van der Waals surface area contributed by atoms with Gasteiger partial charge in [0.25, 0.3) is 0 Å². The van der Waals surface area contributed by atoms with E-state index < -0.39 is 15.6 Å². The van der Waals surface area contributed by atoms with Crippen molar-refractivity contribution in [2.45, 2.75) is 18.9 Å². The summed E-state index contributed by atoms with van der Waals surface area (Å²) in [7, 11) is -5.79. The van der Waals surface area contributed by atoms with Gasteiger partial charge >= 0.3 is 5.51 Å². The molecular formula is C7H13F3O4S2. The molecule has 9 heteroatoms. The van der Waals surface area contributed by atoms with Crippen molar-refractivity contribution in [1.29, 1.82) is 0 Å². The summed E-state index contributed by atoms with van der Waals surface area (Å²) in [6.45, 7) is 1.91. The number of carbonyl (C=O) groups excluding carboxylic acids is 1. The standard InChI is InChI=1S/C6H13OS.CHF3O3S/c1-4-6(7)5-8(2)3;2-1(3,4)8(5,6)7/h4-5H2,1-3H3;(H,5,6,7)/q+1;/p-1. The zero-order chi connectivity index (χ0) is 13.6. The average Bonchev–Trinajstić information content (AvgIpc) is 2.00. The molecule has 0 amide bonds. The number of ketones is 1. The lowest BCUT2D eigenvalue weighted by Gasteiger charge is -2.08. The van der Waals surface area contributed by atoms with Gasteiger partial charge in [-0.1, -0.05) is 6.92 Å². The molecule has 0 aliphatic rings. The van der Waals surface area contributed by atoms with E-state index in [4.69, 9.17) is 13.0 Å². The highest BCUT2D eigenvalue weighted by molar-refractivity contribution is 7.96. The molecule has 4 nitrogen and oxygen atoms in total. The van der Waals surface area contributed by atoms with E-state index in [-0.39, 0.29) is 0 Å². The quantitative estimate of drug-likeness (QED) is 0.438. The van der Waals surface area contributed by atoms with E-state index in [0.717, 1.165) is 5.75 Å². The Morgan fingerprint density at radius 2 is 1.62 bits per heavy atom. The van der Waals surface area contributed by atoms with E-state index in [9.17, 15) is 18.0 Å². The zero-order valence-electron chi connectivity index (χ0n) is 9.00. The number of hydrogen-bond acceptors (Lipinski definition) is 4. The summed E-state index contributed by atoms with van der Waals surface area (Å²) in [4.78, 5) is 10.6. The van der Waals surface area contributed by atoms with Gasteiger partial charge in [0.15, 0.2) is 21.7 Å². The summed E-state index contributed by atoms with van der Waals surface area (Å²) >= 11 is 0. The van der Waals surface area contributed by atoms with Gasteiger partial charge in [0.2, 0.25) is 0 Å². The normalized spacial score (nSPS) is 12.0. The minimum Gasteiger partial charge on any atom is -0.741 e. The molecule has 0 atom stereocenters. The first kappa shape index (κ1) is 18.1. The van der Waals surface area contributed by atoms with Crippen LogP contribution in [0.4, 0.5) is 13.2 Å². The van der Waals surface area contributed by atoms with Gasteiger partial charge in [0, 0.05) is 6.42 Å². The van der Waals surface area contributed by atoms with Crippen LogP contribution >= 0.6 is 0 Å². The third-order valence-corrected chi connectivity index (χ3v) is 2.59. The molecule has 0 unspecified atom stereocenters. The average molecular weight is 282 g/mol. The van der Waals surface area contributed by atoms with Crippen molar-refractivity contribution in [1.82, 2.24) is 0 Å². The Balaban J connectivity index is 0. The first-order valence-electron chi connectivity index (χ1n) is 3.99. The molecule has 0 aromatic heterocycles. The fraction of sp³-hybridized carbons (Fsp3) is 0.857. The first-order valence-corrected chi connectivity index (χ1v) is 7.61. The predicted octanol–water partition coefficient (Wildman–Crippen LogP) is 0.895. The molecule has 0 bridgehead atoms. The van der Waals surface area contributed by atoms with Gasteiger partial charge in [0.1, 0.15) is 0 Å². The molecule has 0 heterocycles. The molecule has 98 valence electrons. The van der Waals surface area contributed by atoms with E-state index in [1.54, 1.807) is 0 Å². The molecule has 0 fully saturated rings. The molecule has 0 rings (SSSR count). The van der Waals surface area contributed by atoms with Crippen LogP contribution in [0.3, 0.4) is 0 Å². The van der Waals surface area contributed by atoms with Crippen LogP contribution in [0.5, 0.6) is 0 Å². The van der Waals surface area contributed by atoms with Crippen LogP contribution < -0.4 is 0 Å². The predicted molar refractivity (Wildman–Crippen MR) is 55.1 cm³/mol. The summed E-state index contributed by atoms with van der Waals surface area (Å²) in [5.41, 5.74) is -5.65. The molecule has 16 heavy (non-hydrogen) atoms. The minimum absolute atomic E-state index is 0.305. The molecule has 0 aromatic carbocycles. The van der Waals surface area contributed by atoms with Crippen molar-refractivity contribution in [2.24, 2.45) is 0 Å². The molecule has 0 saturated carbocycles. The lowest BCUT2D eigenvalue weighted by molar-refractivity contribution is -0.116. The Bertz CT molecular complexity index is 308. The van der Waals surface area contributed by atoms with Gasteiger partial charge in [-0.15, -0.1) is 0 Å². The molecule has 0 aliphatic carbocycles. The third kappa shape index (κ3) is 10.2. The Kier molecular flexibility index (Phi) is 8.06. The van der Waals surface area contributed by atoms with E-state index >= 15 is 0 Å². The van der Waals surface area contributed by atoms with Gasteiger partial charge < -0.3 is 4.55 Å². The Labute approximate surface area is 95.3 Å². The molecule has 0 spiro atoms. The topological polar surface area (TPSA) is 74.3 Å². The van der Waals surface area contributed by atoms with E-state index in [0.29, 0.717) is 23.1 Å². The number of halogens is 3. The van der Waals surface area contributed by atoms with Crippen molar-refractivity contribution < 1.29 is 30.9 Å². The molecule has 0 saturated heterocycles. The molecule has 0 N–H and O–H groups in total. The number of carbonyl (C=O) groups is 1. The van der Waals surface area contributed by atoms with E-state index in [1.165, 1.54) is 0 Å². The molecular weight excluding hydrogens is 269 g/mol. The van der Waals surface area contributed by atoms with Gasteiger partial charge in [-0.25, -0.2) is 8.42 Å². The first-order chi connectivity index (χ1) is 6.91. The summed E-state index contributed by atoms with van der Waals surface area (Å²) in [6.07, 6.45) is 4.88. The molecule has 0 aromatic rings. The second-order valence-electron chi connectivity index (χ2n) is 2.92. The second-order valence-corrected chi connectivity index (χ2v) is 6.55. The van der Waals surface area contributed by atoms with Crippen LogP contribution in [0.15, 0.2) is 0 Å². The lowest BCUT2D eigenvalue weighted by atomic mass is 10.4. The van der Waals surface area contributed by atoms with E-state index in [1.807, 2.05) is 6.92 Å². The molecule has 0 radical (unpaired) electrons. The van der Waals surface area contributed by atoms with E-state index in [2.05, 4.69) is 12.5 Å². The largest absolute Gasteiger partial charge is 0.741 e. The highest BCUT2D eigenvalue weighted by Gasteiger charge is 2.36. The van der Waals surface area contributed by atoms with Crippen molar-refractivity contribution in [3.63, 3.8) is 0 Å². The Morgan fingerprint density at radius 3 is 1.69 bits per heavy atom. The summed E-state index contributed by atoms with van der Waals surface area (Å²) in [6, 6.07) is 0. The fourth-order valence-corrected chi connectivity index (χ4v) is 1.27. The van der Waals surface area contributed by atoms with Crippen LogP contribution in [0.25, 0.3) is 0 Å². The minimum atomic E-state index is -6.09. The highest BCUT2D eigenvalue weighted by atomic mass is 32.2. The SMILES string of the molecule is CCC(=O)C[S+](C)C.O=S(=O)([O-])C(F)(F)F. The fourth-order valence-electron chi connectivity index (χ4n) is 0.424. The third-order valence-electron chi connectivity index (χ3n) is 1.13. The Hall–Kier alpha value is -0.280. The van der Waals surface area contributed by atoms with Gasteiger partial charge in [0.05, 0.1) is 12.5 Å². The van der Waals surface area contributed by atoms with Gasteiger partial charge in [-0.3, -0.25) is 4.79 Å². The second kappa shape index (κ2) is 7.13. The van der Waals surface area contributed by atoms with Crippen molar-refractivity contribution in [3.8, 4) is 0 Å². The number of rotatable bonds is 3. The maximum Gasteiger partial charge on any atom is 0.485 e. The highest BCUT2D eigenvalue weighted by Crippen LogP contribution is 2.20. The van der Waals surface area contributed by atoms with Gasteiger partial charge in [-0.2, -0.15) is 13.2 Å². The summed E-state index contributed by atoms with van der Waals surface area (Å²) in [5, 5.41) is 0. The van der Waals surface area contributed by atoms with Crippen LogP contribution in [-0.2, 0) is 25.8 Å². The zero-order valence-corrected chi connectivity index (χ0v) is 10.6.